The zero-order valence-corrected chi connectivity index (χ0v) is 18.9. The van der Waals surface area contributed by atoms with Crippen molar-refractivity contribution in [2.24, 2.45) is 0 Å². The van der Waals surface area contributed by atoms with Gasteiger partial charge in [-0.25, -0.2) is 0 Å². The third kappa shape index (κ3) is 4.55. The number of morpholine rings is 1. The minimum Gasteiger partial charge on any atom is -0.497 e. The number of hydrogen-bond donors (Lipinski definition) is 0. The first-order valence-corrected chi connectivity index (χ1v) is 10.9. The van der Waals surface area contributed by atoms with Crippen LogP contribution in [0.15, 0.2) is 42.5 Å². The quantitative estimate of drug-likeness (QED) is 0.347. The molecule has 3 aromatic rings. The molecule has 0 saturated carbocycles. The van der Waals surface area contributed by atoms with Gasteiger partial charge in [0.15, 0.2) is 5.78 Å². The van der Waals surface area contributed by atoms with Gasteiger partial charge in [0.1, 0.15) is 5.75 Å². The van der Waals surface area contributed by atoms with Gasteiger partial charge in [0.05, 0.1) is 31.4 Å². The molecule has 0 spiro atoms. The van der Waals surface area contributed by atoms with E-state index >= 15 is 0 Å². The summed E-state index contributed by atoms with van der Waals surface area (Å²) < 4.78 is 14.2. The topological polar surface area (TPSA) is 43.7 Å². The summed E-state index contributed by atoms with van der Waals surface area (Å²) in [6.07, 6.45) is 0. The van der Waals surface area contributed by atoms with Gasteiger partial charge in [-0.05, 0) is 65.9 Å². The highest BCUT2D eigenvalue weighted by Crippen LogP contribution is 2.30. The number of hydrogen-bond acceptors (Lipinski definition) is 4. The van der Waals surface area contributed by atoms with Crippen molar-refractivity contribution in [1.29, 1.82) is 0 Å². The van der Waals surface area contributed by atoms with Crippen LogP contribution in [-0.2, 0) is 11.3 Å². The van der Waals surface area contributed by atoms with Crippen molar-refractivity contribution in [2.75, 3.05) is 40.0 Å². The Labute approximate surface area is 192 Å². The van der Waals surface area contributed by atoms with Crippen molar-refractivity contribution in [3.8, 4) is 5.75 Å². The molecule has 6 heteroatoms. The molecule has 0 atom stereocenters. The van der Waals surface area contributed by atoms with Crippen molar-refractivity contribution in [3.63, 3.8) is 0 Å². The zero-order valence-electron chi connectivity index (χ0n) is 16.8. The lowest BCUT2D eigenvalue weighted by molar-refractivity contribution is 0.0365. The normalized spacial score (nSPS) is 14.5. The number of rotatable bonds is 6. The van der Waals surface area contributed by atoms with Gasteiger partial charge in [-0.2, -0.15) is 0 Å². The van der Waals surface area contributed by atoms with E-state index in [9.17, 15) is 4.79 Å². The van der Waals surface area contributed by atoms with E-state index in [-0.39, 0.29) is 13.2 Å². The number of carbonyl (C=O) groups excluding carboxylic acids is 1. The van der Waals surface area contributed by atoms with Gasteiger partial charge in [-0.3, -0.25) is 9.69 Å². The smallest absolute Gasteiger partial charge is 0.195 e. The van der Waals surface area contributed by atoms with Gasteiger partial charge in [-0.1, -0.05) is 13.5 Å². The third-order valence-corrected chi connectivity index (χ3v) is 6.28. The summed E-state index contributed by atoms with van der Waals surface area (Å²) in [5.41, 5.74) is 3.62. The Morgan fingerprint density at radius 2 is 1.80 bits per heavy atom. The number of ether oxygens (including phenoxy) is 2. The van der Waals surface area contributed by atoms with Gasteiger partial charge in [0.25, 0.3) is 0 Å². The molecule has 5 nitrogen and oxygen atoms in total. The van der Waals surface area contributed by atoms with Crippen LogP contribution >= 0.6 is 22.6 Å². The van der Waals surface area contributed by atoms with Gasteiger partial charge >= 0.3 is 0 Å². The maximum Gasteiger partial charge on any atom is 0.195 e. The van der Waals surface area contributed by atoms with Crippen LogP contribution in [0.25, 0.3) is 10.9 Å². The monoisotopic (exact) mass is 520 g/mol. The van der Waals surface area contributed by atoms with Crippen LogP contribution in [0.5, 0.6) is 5.75 Å². The molecule has 2 heterocycles. The van der Waals surface area contributed by atoms with E-state index in [4.69, 9.17) is 9.47 Å². The molecule has 0 radical (unpaired) electrons. The largest absolute Gasteiger partial charge is 0.497 e. The minimum absolute atomic E-state index is 0. The molecule has 4 rings (SSSR count). The summed E-state index contributed by atoms with van der Waals surface area (Å²) in [6.45, 7) is 7.40. The van der Waals surface area contributed by atoms with Crippen LogP contribution in [0.1, 0.15) is 29.0 Å². The zero-order chi connectivity index (χ0) is 20.4. The summed E-state index contributed by atoms with van der Waals surface area (Å²) >= 11 is 2.33. The fraction of sp³-hybridized carbons (Fsp3) is 0.375. The lowest BCUT2D eigenvalue weighted by Crippen LogP contribution is -2.38. The maximum atomic E-state index is 13.4. The Balaban J connectivity index is 0.00000256. The second-order valence-electron chi connectivity index (χ2n) is 7.29. The number of ketones is 1. The molecule has 0 amide bonds. The second kappa shape index (κ2) is 9.94. The molecule has 1 aliphatic rings. The van der Waals surface area contributed by atoms with Crippen LogP contribution in [0.4, 0.5) is 0 Å². The first kappa shape index (κ1) is 22.8. The summed E-state index contributed by atoms with van der Waals surface area (Å²) in [7, 11) is 1.63. The highest BCUT2D eigenvalue weighted by atomic mass is 127. The van der Waals surface area contributed by atoms with E-state index in [0.717, 1.165) is 67.3 Å². The van der Waals surface area contributed by atoms with Crippen molar-refractivity contribution in [1.82, 2.24) is 9.47 Å². The van der Waals surface area contributed by atoms with Crippen LogP contribution in [-0.4, -0.2) is 55.2 Å². The Morgan fingerprint density at radius 3 is 2.47 bits per heavy atom. The predicted molar refractivity (Wildman–Crippen MR) is 130 cm³/mol. The first-order chi connectivity index (χ1) is 14.1. The van der Waals surface area contributed by atoms with Crippen molar-refractivity contribution in [2.45, 2.75) is 20.9 Å². The molecular weight excluding hydrogens is 491 g/mol. The predicted octanol–water partition coefficient (Wildman–Crippen LogP) is 4.76. The van der Waals surface area contributed by atoms with Crippen LogP contribution < -0.4 is 4.74 Å². The molecule has 1 fully saturated rings. The minimum atomic E-state index is 0. The Kier molecular flexibility index (Phi) is 7.55. The number of carbonyl (C=O) groups is 1. The summed E-state index contributed by atoms with van der Waals surface area (Å²) in [6, 6.07) is 13.7. The SMILES string of the molecule is C.COc1ccc(C(=O)c2c(C)n(CCN3CCOCC3)c3cc(I)ccc23)cc1. The second-order valence-corrected chi connectivity index (χ2v) is 8.53. The highest BCUT2D eigenvalue weighted by molar-refractivity contribution is 14.1. The average molecular weight is 520 g/mol. The van der Waals surface area contributed by atoms with Gasteiger partial charge in [0, 0.05) is 46.4 Å². The van der Waals surface area contributed by atoms with E-state index in [1.165, 1.54) is 3.57 Å². The molecule has 1 saturated heterocycles. The van der Waals surface area contributed by atoms with Crippen molar-refractivity contribution >= 4 is 39.3 Å². The number of aromatic nitrogens is 1. The number of methoxy groups -OCH3 is 1. The van der Waals surface area contributed by atoms with Crippen molar-refractivity contribution < 1.29 is 14.3 Å². The average Bonchev–Trinajstić information content (AvgIpc) is 3.03. The Hall–Kier alpha value is -1.90. The van der Waals surface area contributed by atoms with E-state index in [1.54, 1.807) is 7.11 Å². The van der Waals surface area contributed by atoms with Crippen molar-refractivity contribution in [3.05, 3.63) is 62.9 Å². The van der Waals surface area contributed by atoms with Gasteiger partial charge < -0.3 is 14.0 Å². The third-order valence-electron chi connectivity index (χ3n) is 5.61. The van der Waals surface area contributed by atoms with E-state index in [0.29, 0.717) is 5.56 Å². The standard InChI is InChI=1S/C23H25IN2O3.CH4/c1-16-22(23(27)17-3-6-19(28-2)7-4-17)20-8-5-18(24)15-21(20)26(16)10-9-25-11-13-29-14-12-25;/h3-8,15H,9-14H2,1-2H3;1H4. The van der Waals surface area contributed by atoms with E-state index in [2.05, 4.69) is 57.2 Å². The van der Waals surface area contributed by atoms with Crippen LogP contribution in [0, 0.1) is 10.5 Å². The molecule has 0 unspecified atom stereocenters. The number of benzene rings is 2. The fourth-order valence-corrected chi connectivity index (χ4v) is 4.45. The molecule has 160 valence electrons. The number of halogens is 1. The Morgan fingerprint density at radius 1 is 1.10 bits per heavy atom. The van der Waals surface area contributed by atoms with Gasteiger partial charge in [0.2, 0.25) is 0 Å². The Bertz CT molecular complexity index is 1020. The summed E-state index contributed by atoms with van der Waals surface area (Å²) in [4.78, 5) is 15.8. The lowest BCUT2D eigenvalue weighted by atomic mass is 10.0. The van der Waals surface area contributed by atoms with Crippen LogP contribution in [0.2, 0.25) is 0 Å². The molecule has 2 aromatic carbocycles. The van der Waals surface area contributed by atoms with E-state index < -0.39 is 0 Å². The van der Waals surface area contributed by atoms with E-state index in [1.807, 2.05) is 24.3 Å². The molecule has 1 aliphatic heterocycles. The number of nitrogens with zero attached hydrogens (tertiary/aromatic N) is 2. The summed E-state index contributed by atoms with van der Waals surface area (Å²) in [5, 5.41) is 1.02. The molecule has 0 N–H and O–H groups in total. The number of fused-ring (bicyclic) bond motifs is 1. The lowest BCUT2D eigenvalue weighted by Gasteiger charge is -2.27. The molecular formula is C24H29IN2O3. The molecule has 1 aromatic heterocycles. The molecule has 0 aliphatic carbocycles. The fourth-order valence-electron chi connectivity index (χ4n) is 3.98. The molecule has 0 bridgehead atoms. The first-order valence-electron chi connectivity index (χ1n) is 9.85. The summed E-state index contributed by atoms with van der Waals surface area (Å²) in [5.74, 6) is 0.808. The van der Waals surface area contributed by atoms with Gasteiger partial charge in [-0.15, -0.1) is 0 Å². The highest BCUT2D eigenvalue weighted by Gasteiger charge is 2.22. The molecule has 30 heavy (non-hydrogen) atoms. The van der Waals surface area contributed by atoms with Crippen LogP contribution in [0.3, 0.4) is 0 Å². The maximum absolute atomic E-state index is 13.4.